The van der Waals surface area contributed by atoms with E-state index in [2.05, 4.69) is 10.6 Å². The third kappa shape index (κ3) is 6.66. The fraction of sp³-hybridized carbons (Fsp3) is 0.429. The van der Waals surface area contributed by atoms with E-state index in [0.717, 1.165) is 10.6 Å². The van der Waals surface area contributed by atoms with Crippen LogP contribution in [0.1, 0.15) is 6.92 Å². The third-order valence-electron chi connectivity index (χ3n) is 2.77. The molecule has 1 aromatic carbocycles. The molecule has 0 bridgehead atoms. The lowest BCUT2D eigenvalue weighted by Crippen LogP contribution is -2.41. The van der Waals surface area contributed by atoms with Gasteiger partial charge >= 0.3 is 0 Å². The van der Waals surface area contributed by atoms with Crippen molar-refractivity contribution >= 4 is 33.2 Å². The van der Waals surface area contributed by atoms with Crippen LogP contribution in [0.2, 0.25) is 0 Å². The van der Waals surface area contributed by atoms with Crippen LogP contribution >= 0.6 is 0 Å². The number of carbonyl (C=O) groups is 2. The van der Waals surface area contributed by atoms with Crippen molar-refractivity contribution in [2.24, 2.45) is 0 Å². The van der Waals surface area contributed by atoms with E-state index in [0.29, 0.717) is 24.5 Å². The van der Waals surface area contributed by atoms with Crippen LogP contribution < -0.4 is 14.9 Å². The van der Waals surface area contributed by atoms with E-state index in [4.69, 9.17) is 4.74 Å². The summed E-state index contributed by atoms with van der Waals surface area (Å²) in [6.45, 7) is 1.62. The highest BCUT2D eigenvalue weighted by atomic mass is 32.2. The Balaban J connectivity index is 2.95. The van der Waals surface area contributed by atoms with Crippen molar-refractivity contribution in [3.05, 3.63) is 24.3 Å². The molecule has 0 fully saturated rings. The predicted octanol–water partition coefficient (Wildman–Crippen LogP) is 0.174. The van der Waals surface area contributed by atoms with Crippen LogP contribution in [-0.2, 0) is 24.3 Å². The monoisotopic (exact) mass is 343 g/mol. The standard InChI is InChI=1S/C14H21N3O5S/c1-11(18)16-12-5-4-6-13(9-12)17(23(3,20)21)10-14(19)15-7-8-22-2/h4-6,9H,7-8,10H2,1-3H3,(H,15,19)(H,16,18). The molecule has 8 nitrogen and oxygen atoms in total. The first kappa shape index (κ1) is 18.9. The number of hydrogen-bond acceptors (Lipinski definition) is 5. The molecule has 0 atom stereocenters. The summed E-state index contributed by atoms with van der Waals surface area (Å²) < 4.78 is 29.7. The second kappa shape index (κ2) is 8.49. The van der Waals surface area contributed by atoms with Crippen molar-refractivity contribution in [2.45, 2.75) is 6.92 Å². The number of sulfonamides is 1. The number of hydrogen-bond donors (Lipinski definition) is 2. The number of methoxy groups -OCH3 is 1. The summed E-state index contributed by atoms with van der Waals surface area (Å²) >= 11 is 0. The Labute approximate surface area is 135 Å². The Morgan fingerprint density at radius 2 is 2.00 bits per heavy atom. The van der Waals surface area contributed by atoms with Gasteiger partial charge in [0.2, 0.25) is 21.8 Å². The van der Waals surface area contributed by atoms with E-state index in [1.807, 2.05) is 0 Å². The van der Waals surface area contributed by atoms with Gasteiger partial charge in [0.25, 0.3) is 0 Å². The highest BCUT2D eigenvalue weighted by Crippen LogP contribution is 2.21. The highest BCUT2D eigenvalue weighted by molar-refractivity contribution is 7.92. The number of rotatable bonds is 8. The first-order chi connectivity index (χ1) is 10.7. The Morgan fingerprint density at radius 1 is 1.30 bits per heavy atom. The highest BCUT2D eigenvalue weighted by Gasteiger charge is 2.21. The zero-order chi connectivity index (χ0) is 17.5. The molecule has 9 heteroatoms. The summed E-state index contributed by atoms with van der Waals surface area (Å²) in [6, 6.07) is 6.27. The van der Waals surface area contributed by atoms with Gasteiger partial charge in [0.1, 0.15) is 6.54 Å². The lowest BCUT2D eigenvalue weighted by atomic mass is 10.2. The van der Waals surface area contributed by atoms with E-state index in [-0.39, 0.29) is 12.5 Å². The van der Waals surface area contributed by atoms with Crippen molar-refractivity contribution in [2.75, 3.05) is 42.7 Å². The summed E-state index contributed by atoms with van der Waals surface area (Å²) in [7, 11) is -2.16. The first-order valence-corrected chi connectivity index (χ1v) is 8.70. The molecule has 0 spiro atoms. The van der Waals surface area contributed by atoms with Gasteiger partial charge in [-0.1, -0.05) is 6.07 Å². The van der Waals surface area contributed by atoms with Gasteiger partial charge in [-0.25, -0.2) is 8.42 Å². The van der Waals surface area contributed by atoms with Crippen molar-refractivity contribution < 1.29 is 22.7 Å². The molecule has 1 aromatic rings. The molecule has 2 amide bonds. The zero-order valence-electron chi connectivity index (χ0n) is 13.3. The molecule has 0 unspecified atom stereocenters. The predicted molar refractivity (Wildman–Crippen MR) is 87.8 cm³/mol. The van der Waals surface area contributed by atoms with Gasteiger partial charge in [0, 0.05) is 26.3 Å². The lowest BCUT2D eigenvalue weighted by Gasteiger charge is -2.22. The number of nitrogens with zero attached hydrogens (tertiary/aromatic N) is 1. The van der Waals surface area contributed by atoms with Crippen LogP contribution in [0.4, 0.5) is 11.4 Å². The molecule has 0 radical (unpaired) electrons. The second-order valence-corrected chi connectivity index (χ2v) is 6.75. The number of nitrogens with one attached hydrogen (secondary N) is 2. The van der Waals surface area contributed by atoms with Crippen LogP contribution in [0.5, 0.6) is 0 Å². The SMILES string of the molecule is COCCNC(=O)CN(c1cccc(NC(C)=O)c1)S(C)(=O)=O. The molecule has 0 aliphatic heterocycles. The van der Waals surface area contributed by atoms with Gasteiger partial charge in [0.05, 0.1) is 18.6 Å². The summed E-state index contributed by atoms with van der Waals surface area (Å²) in [5.74, 6) is -0.720. The fourth-order valence-electron chi connectivity index (χ4n) is 1.82. The minimum Gasteiger partial charge on any atom is -0.383 e. The molecule has 0 aromatic heterocycles. The first-order valence-electron chi connectivity index (χ1n) is 6.85. The number of ether oxygens (including phenoxy) is 1. The maximum Gasteiger partial charge on any atom is 0.240 e. The molecule has 0 aliphatic carbocycles. The molecule has 0 aliphatic rings. The van der Waals surface area contributed by atoms with Gasteiger partial charge in [-0.2, -0.15) is 0 Å². The molecule has 2 N–H and O–H groups in total. The Morgan fingerprint density at radius 3 is 2.57 bits per heavy atom. The second-order valence-electron chi connectivity index (χ2n) is 4.84. The summed E-state index contributed by atoms with van der Waals surface area (Å²) in [4.78, 5) is 23.0. The van der Waals surface area contributed by atoms with Crippen LogP contribution in [0, 0.1) is 0 Å². The normalized spacial score (nSPS) is 10.9. The van der Waals surface area contributed by atoms with E-state index < -0.39 is 15.9 Å². The molecule has 0 saturated carbocycles. The third-order valence-corrected chi connectivity index (χ3v) is 3.91. The summed E-state index contributed by atoms with van der Waals surface area (Å²) in [6.07, 6.45) is 1.01. The molecule has 128 valence electrons. The van der Waals surface area contributed by atoms with Gasteiger partial charge in [-0.15, -0.1) is 0 Å². The Bertz CT molecular complexity index is 660. The molecule has 23 heavy (non-hydrogen) atoms. The van der Waals surface area contributed by atoms with E-state index in [9.17, 15) is 18.0 Å². The molecule has 0 heterocycles. The maximum atomic E-state index is 12.0. The molecular weight excluding hydrogens is 322 g/mol. The number of benzene rings is 1. The zero-order valence-corrected chi connectivity index (χ0v) is 14.1. The van der Waals surface area contributed by atoms with Gasteiger partial charge < -0.3 is 15.4 Å². The van der Waals surface area contributed by atoms with E-state index in [1.54, 1.807) is 18.2 Å². The number of amides is 2. The minimum absolute atomic E-state index is 0.273. The van der Waals surface area contributed by atoms with Crippen molar-refractivity contribution in [3.63, 3.8) is 0 Å². The fourth-order valence-corrected chi connectivity index (χ4v) is 2.67. The Kier molecular flexibility index (Phi) is 6.98. The van der Waals surface area contributed by atoms with Gasteiger partial charge in [0.15, 0.2) is 0 Å². The minimum atomic E-state index is -3.66. The van der Waals surface area contributed by atoms with Crippen LogP contribution in [0.25, 0.3) is 0 Å². The maximum absolute atomic E-state index is 12.0. The smallest absolute Gasteiger partial charge is 0.240 e. The summed E-state index contributed by atoms with van der Waals surface area (Å²) in [5, 5.41) is 5.13. The number of carbonyl (C=O) groups excluding carboxylic acids is 2. The van der Waals surface area contributed by atoms with Crippen molar-refractivity contribution in [1.82, 2.24) is 5.32 Å². The molecule has 1 rings (SSSR count). The van der Waals surface area contributed by atoms with Crippen LogP contribution in [0.3, 0.4) is 0 Å². The van der Waals surface area contributed by atoms with Crippen molar-refractivity contribution in [1.29, 1.82) is 0 Å². The van der Waals surface area contributed by atoms with E-state index >= 15 is 0 Å². The van der Waals surface area contributed by atoms with Crippen LogP contribution in [-0.4, -0.2) is 53.3 Å². The van der Waals surface area contributed by atoms with Crippen molar-refractivity contribution in [3.8, 4) is 0 Å². The van der Waals surface area contributed by atoms with Crippen LogP contribution in [0.15, 0.2) is 24.3 Å². The Hall–Kier alpha value is -2.13. The van der Waals surface area contributed by atoms with E-state index in [1.165, 1.54) is 20.1 Å². The average Bonchev–Trinajstić information content (AvgIpc) is 2.43. The van der Waals surface area contributed by atoms with Gasteiger partial charge in [-0.3, -0.25) is 13.9 Å². The quantitative estimate of drug-likeness (QED) is 0.655. The molecular formula is C14H21N3O5S. The lowest BCUT2D eigenvalue weighted by molar-refractivity contribution is -0.119. The number of anilines is 2. The summed E-state index contributed by atoms with van der Waals surface area (Å²) in [5.41, 5.74) is 0.740. The largest absolute Gasteiger partial charge is 0.383 e. The topological polar surface area (TPSA) is 105 Å². The molecule has 0 saturated heterocycles. The van der Waals surface area contributed by atoms with Gasteiger partial charge in [-0.05, 0) is 18.2 Å². The average molecular weight is 343 g/mol.